The van der Waals surface area contributed by atoms with E-state index in [1.54, 1.807) is 0 Å². The number of likely N-dealkylation sites (N-methyl/N-ethyl adjacent to an activating group) is 1. The van der Waals surface area contributed by atoms with E-state index in [-0.39, 0.29) is 12.7 Å². The number of carboxylic acids is 1. The number of hydrogen-bond donors (Lipinski definition) is 2. The molecular formula is C7H20N3O2+. The molecule has 0 aliphatic carbocycles. The van der Waals surface area contributed by atoms with Gasteiger partial charge in [0.1, 0.15) is 6.54 Å². The van der Waals surface area contributed by atoms with Crippen molar-refractivity contribution in [2.75, 3.05) is 33.7 Å². The van der Waals surface area contributed by atoms with Crippen molar-refractivity contribution < 1.29 is 14.4 Å². The normalized spacial score (nSPS) is 10.6. The molecule has 0 saturated heterocycles. The first-order chi connectivity index (χ1) is 4.98. The van der Waals surface area contributed by atoms with Gasteiger partial charge in [-0.05, 0) is 6.54 Å². The summed E-state index contributed by atoms with van der Waals surface area (Å²) in [5, 5.41) is 10.2. The molecule has 0 rings (SSSR count). The van der Waals surface area contributed by atoms with E-state index in [4.69, 9.17) is 5.73 Å². The zero-order valence-electron chi connectivity index (χ0n) is 8.17. The van der Waals surface area contributed by atoms with E-state index in [9.17, 15) is 9.90 Å². The maximum absolute atomic E-state index is 10.2. The number of carboxylic acid groups (broad SMARTS) is 1. The van der Waals surface area contributed by atoms with Crippen LogP contribution in [0.2, 0.25) is 0 Å². The van der Waals surface area contributed by atoms with Crippen LogP contribution < -0.4 is 17.0 Å². The van der Waals surface area contributed by atoms with Gasteiger partial charge in [-0.3, -0.25) is 0 Å². The Morgan fingerprint density at radius 1 is 1.50 bits per heavy atom. The first kappa shape index (κ1) is 13.9. The lowest BCUT2D eigenvalue weighted by Crippen LogP contribution is -2.49. The van der Waals surface area contributed by atoms with E-state index in [1.165, 1.54) is 0 Å². The zero-order chi connectivity index (χ0) is 8.91. The van der Waals surface area contributed by atoms with Crippen molar-refractivity contribution in [2.24, 2.45) is 5.73 Å². The van der Waals surface area contributed by atoms with Gasteiger partial charge in [0.2, 0.25) is 0 Å². The van der Waals surface area contributed by atoms with Gasteiger partial charge < -0.3 is 26.3 Å². The number of quaternary nitrogens is 2. The highest BCUT2D eigenvalue weighted by Crippen LogP contribution is 1.96. The minimum atomic E-state index is -1.01. The van der Waals surface area contributed by atoms with Crippen LogP contribution in [-0.2, 0) is 4.79 Å². The SMILES string of the molecule is C[N+](C)(CCCN)CC(=O)[O-].[NH4+]. The third kappa shape index (κ3) is 7.46. The Kier molecular flexibility index (Phi) is 6.88. The minimum Gasteiger partial charge on any atom is -0.544 e. The molecule has 5 heteroatoms. The van der Waals surface area contributed by atoms with Crippen LogP contribution in [0.25, 0.3) is 0 Å². The molecule has 0 spiro atoms. The molecule has 0 unspecified atom stereocenters. The Morgan fingerprint density at radius 3 is 2.33 bits per heavy atom. The lowest BCUT2D eigenvalue weighted by molar-refractivity contribution is -0.884. The van der Waals surface area contributed by atoms with Gasteiger partial charge in [-0.15, -0.1) is 0 Å². The first-order valence-electron chi connectivity index (χ1n) is 3.70. The monoisotopic (exact) mass is 178 g/mol. The van der Waals surface area contributed by atoms with E-state index in [0.29, 0.717) is 11.0 Å². The predicted octanol–water partition coefficient (Wildman–Crippen LogP) is -1.46. The second-order valence-corrected chi connectivity index (χ2v) is 3.33. The molecule has 5 nitrogen and oxygen atoms in total. The van der Waals surface area contributed by atoms with Gasteiger partial charge in [-0.1, -0.05) is 0 Å². The van der Waals surface area contributed by atoms with Crippen molar-refractivity contribution in [1.82, 2.24) is 6.15 Å². The van der Waals surface area contributed by atoms with E-state index < -0.39 is 5.97 Å². The average Bonchev–Trinajstić information content (AvgIpc) is 1.81. The van der Waals surface area contributed by atoms with Crippen molar-refractivity contribution in [2.45, 2.75) is 6.42 Å². The standard InChI is InChI=1S/C7H16N2O2.H3N/c1-9(2,5-3-4-8)6-7(10)11;/h3-6,8H2,1-2H3;1H3/p+1. The summed E-state index contributed by atoms with van der Waals surface area (Å²) in [7, 11) is 3.71. The van der Waals surface area contributed by atoms with Gasteiger partial charge in [0.15, 0.2) is 0 Å². The van der Waals surface area contributed by atoms with Crippen LogP contribution in [0.1, 0.15) is 6.42 Å². The Hall–Kier alpha value is -0.650. The summed E-state index contributed by atoms with van der Waals surface area (Å²) in [6.45, 7) is 1.44. The molecule has 0 saturated carbocycles. The summed E-state index contributed by atoms with van der Waals surface area (Å²) in [6.07, 6.45) is 0.847. The van der Waals surface area contributed by atoms with Crippen LogP contribution >= 0.6 is 0 Å². The van der Waals surface area contributed by atoms with E-state index >= 15 is 0 Å². The molecule has 0 aromatic carbocycles. The number of carbonyl (C=O) groups is 1. The number of hydrogen-bond acceptors (Lipinski definition) is 3. The van der Waals surface area contributed by atoms with Crippen molar-refractivity contribution >= 4 is 5.97 Å². The molecule has 0 amide bonds. The maximum Gasteiger partial charge on any atom is 0.119 e. The number of carbonyl (C=O) groups excluding carboxylic acids is 1. The molecule has 0 atom stereocenters. The summed E-state index contributed by atoms with van der Waals surface area (Å²) < 4.78 is 0.444. The smallest absolute Gasteiger partial charge is 0.119 e. The van der Waals surface area contributed by atoms with Crippen molar-refractivity contribution in [3.05, 3.63) is 0 Å². The fourth-order valence-electron chi connectivity index (χ4n) is 0.948. The fraction of sp³-hybridized carbons (Fsp3) is 0.857. The van der Waals surface area contributed by atoms with Gasteiger partial charge in [0.25, 0.3) is 0 Å². The largest absolute Gasteiger partial charge is 0.544 e. The first-order valence-corrected chi connectivity index (χ1v) is 3.70. The average molecular weight is 178 g/mol. The Balaban J connectivity index is 0. The lowest BCUT2D eigenvalue weighted by atomic mass is 10.3. The van der Waals surface area contributed by atoms with Crippen LogP contribution in [0.15, 0.2) is 0 Å². The van der Waals surface area contributed by atoms with Crippen molar-refractivity contribution in [3.63, 3.8) is 0 Å². The lowest BCUT2D eigenvalue weighted by Gasteiger charge is -2.29. The Labute approximate surface area is 73.3 Å². The number of rotatable bonds is 5. The van der Waals surface area contributed by atoms with Gasteiger partial charge in [0, 0.05) is 6.42 Å². The van der Waals surface area contributed by atoms with Gasteiger partial charge in [-0.2, -0.15) is 0 Å². The van der Waals surface area contributed by atoms with Crippen LogP contribution in [0.4, 0.5) is 0 Å². The number of nitrogens with two attached hydrogens (primary N) is 1. The fourth-order valence-corrected chi connectivity index (χ4v) is 0.948. The summed E-state index contributed by atoms with van der Waals surface area (Å²) in [4.78, 5) is 10.2. The second kappa shape index (κ2) is 5.93. The van der Waals surface area contributed by atoms with Crippen molar-refractivity contribution in [1.29, 1.82) is 0 Å². The third-order valence-corrected chi connectivity index (χ3v) is 1.52. The Morgan fingerprint density at radius 2 is 2.00 bits per heavy atom. The summed E-state index contributed by atoms with van der Waals surface area (Å²) in [6, 6.07) is 0. The molecule has 0 aliphatic heterocycles. The molecule has 0 aromatic rings. The van der Waals surface area contributed by atoms with E-state index in [1.807, 2.05) is 14.1 Å². The van der Waals surface area contributed by atoms with Crippen LogP contribution in [-0.4, -0.2) is 44.2 Å². The van der Waals surface area contributed by atoms with Gasteiger partial charge >= 0.3 is 0 Å². The Bertz CT molecular complexity index is 137. The van der Waals surface area contributed by atoms with Crippen LogP contribution in [0.5, 0.6) is 0 Å². The molecule has 0 heterocycles. The number of nitrogens with zero attached hydrogens (tertiary/aromatic N) is 1. The quantitative estimate of drug-likeness (QED) is 0.503. The summed E-state index contributed by atoms with van der Waals surface area (Å²) in [5.41, 5.74) is 5.29. The van der Waals surface area contributed by atoms with Gasteiger partial charge in [0.05, 0.1) is 26.6 Å². The highest BCUT2D eigenvalue weighted by atomic mass is 16.4. The second-order valence-electron chi connectivity index (χ2n) is 3.33. The molecular weight excluding hydrogens is 158 g/mol. The predicted molar refractivity (Wildman–Crippen MR) is 46.5 cm³/mol. The van der Waals surface area contributed by atoms with E-state index in [2.05, 4.69) is 0 Å². The molecule has 0 aromatic heterocycles. The highest BCUT2D eigenvalue weighted by molar-refractivity contribution is 5.65. The van der Waals surface area contributed by atoms with Crippen LogP contribution in [0.3, 0.4) is 0 Å². The topological polar surface area (TPSA) is 103 Å². The summed E-state index contributed by atoms with van der Waals surface area (Å²) in [5.74, 6) is -1.01. The van der Waals surface area contributed by atoms with Gasteiger partial charge in [-0.25, -0.2) is 0 Å². The molecule has 12 heavy (non-hydrogen) atoms. The molecule has 0 bridgehead atoms. The zero-order valence-corrected chi connectivity index (χ0v) is 8.17. The van der Waals surface area contributed by atoms with Crippen molar-refractivity contribution in [3.8, 4) is 0 Å². The van der Waals surface area contributed by atoms with E-state index in [0.717, 1.165) is 13.0 Å². The third-order valence-electron chi connectivity index (χ3n) is 1.52. The van der Waals surface area contributed by atoms with Crippen LogP contribution in [0, 0.1) is 0 Å². The molecule has 0 radical (unpaired) electrons. The minimum absolute atomic E-state index is 0. The molecule has 74 valence electrons. The molecule has 0 aliphatic rings. The molecule has 0 fully saturated rings. The summed E-state index contributed by atoms with van der Waals surface area (Å²) >= 11 is 0. The number of aliphatic carboxylic acids is 1. The molecule has 6 N–H and O–H groups in total. The highest BCUT2D eigenvalue weighted by Gasteiger charge is 2.13. The maximum atomic E-state index is 10.2.